The summed E-state index contributed by atoms with van der Waals surface area (Å²) in [5.74, 6) is 0. The second-order valence-electron chi connectivity index (χ2n) is 9.02. The molecule has 174 valence electrons. The smallest absolute Gasteiger partial charge is 0.0594 e. The third-order valence-corrected chi connectivity index (χ3v) is 6.11. The number of ether oxygens (including phenoxy) is 1. The Kier molecular flexibility index (Phi) is 9.79. The highest BCUT2D eigenvalue weighted by molar-refractivity contribution is 5.47. The van der Waals surface area contributed by atoms with E-state index in [1.165, 1.54) is 46.5 Å². The SMILES string of the molecule is C=Cc1ccc(CN2CCOCC2)cc1.CCCn1cc(CCN(C)C)c2c1=CCCC=2. The van der Waals surface area contributed by atoms with E-state index in [1.54, 1.807) is 0 Å². The molecule has 4 nitrogen and oxygen atoms in total. The minimum Gasteiger partial charge on any atom is -0.379 e. The lowest BCUT2D eigenvalue weighted by molar-refractivity contribution is 0.0342. The van der Waals surface area contributed by atoms with Crippen molar-refractivity contribution in [3.63, 3.8) is 0 Å². The van der Waals surface area contributed by atoms with Gasteiger partial charge in [0, 0.05) is 44.3 Å². The van der Waals surface area contributed by atoms with Crippen LogP contribution in [0.2, 0.25) is 0 Å². The first-order valence-electron chi connectivity index (χ1n) is 12.1. The lowest BCUT2D eigenvalue weighted by atomic mass is 10.1. The fourth-order valence-corrected chi connectivity index (χ4v) is 4.30. The van der Waals surface area contributed by atoms with Gasteiger partial charge in [-0.1, -0.05) is 56.0 Å². The van der Waals surface area contributed by atoms with Gasteiger partial charge in [-0.2, -0.15) is 0 Å². The third-order valence-electron chi connectivity index (χ3n) is 6.11. The molecule has 1 fully saturated rings. The van der Waals surface area contributed by atoms with E-state index in [1.807, 2.05) is 6.08 Å². The van der Waals surface area contributed by atoms with Gasteiger partial charge in [-0.3, -0.25) is 4.90 Å². The number of rotatable bonds is 8. The van der Waals surface area contributed by atoms with E-state index in [-0.39, 0.29) is 0 Å². The van der Waals surface area contributed by atoms with Crippen LogP contribution in [0.15, 0.2) is 37.0 Å². The normalized spacial score (nSPS) is 15.9. The van der Waals surface area contributed by atoms with Crippen molar-refractivity contribution in [1.82, 2.24) is 14.4 Å². The molecule has 4 heteroatoms. The highest BCUT2D eigenvalue weighted by Crippen LogP contribution is 2.09. The van der Waals surface area contributed by atoms with Crippen LogP contribution in [0.1, 0.15) is 42.9 Å². The van der Waals surface area contributed by atoms with Crippen LogP contribution in [-0.2, 0) is 24.2 Å². The van der Waals surface area contributed by atoms with E-state index < -0.39 is 0 Å². The molecule has 1 aliphatic carbocycles. The molecular formula is C28H41N3O. The quantitative estimate of drug-likeness (QED) is 0.633. The number of nitrogens with zero attached hydrogens (tertiary/aromatic N) is 3. The number of hydrogen-bond acceptors (Lipinski definition) is 3. The van der Waals surface area contributed by atoms with Crippen LogP contribution < -0.4 is 10.6 Å². The largest absolute Gasteiger partial charge is 0.379 e. The monoisotopic (exact) mass is 435 g/mol. The molecule has 1 aromatic carbocycles. The van der Waals surface area contributed by atoms with Crippen LogP contribution in [-0.4, -0.2) is 61.3 Å². The van der Waals surface area contributed by atoms with Crippen molar-refractivity contribution in [3.05, 3.63) is 64.3 Å². The molecule has 0 spiro atoms. The van der Waals surface area contributed by atoms with E-state index in [9.17, 15) is 0 Å². The number of morpholine rings is 1. The lowest BCUT2D eigenvalue weighted by Crippen LogP contribution is -2.35. The van der Waals surface area contributed by atoms with E-state index in [2.05, 4.69) is 84.6 Å². The van der Waals surface area contributed by atoms with Crippen molar-refractivity contribution in [2.75, 3.05) is 46.9 Å². The van der Waals surface area contributed by atoms with Gasteiger partial charge >= 0.3 is 0 Å². The van der Waals surface area contributed by atoms with Crippen LogP contribution in [0.4, 0.5) is 0 Å². The van der Waals surface area contributed by atoms with Crippen molar-refractivity contribution in [3.8, 4) is 0 Å². The molecule has 0 N–H and O–H groups in total. The van der Waals surface area contributed by atoms with Gasteiger partial charge in [0.25, 0.3) is 0 Å². The first-order chi connectivity index (χ1) is 15.6. The van der Waals surface area contributed by atoms with Gasteiger partial charge in [-0.15, -0.1) is 0 Å². The zero-order valence-corrected chi connectivity index (χ0v) is 20.4. The van der Waals surface area contributed by atoms with Gasteiger partial charge in [-0.25, -0.2) is 0 Å². The summed E-state index contributed by atoms with van der Waals surface area (Å²) >= 11 is 0. The predicted octanol–water partition coefficient (Wildman–Crippen LogP) is 3.52. The van der Waals surface area contributed by atoms with Crippen LogP contribution in [0.3, 0.4) is 0 Å². The summed E-state index contributed by atoms with van der Waals surface area (Å²) < 4.78 is 7.76. The molecule has 2 aliphatic rings. The molecule has 0 atom stereocenters. The van der Waals surface area contributed by atoms with Crippen molar-refractivity contribution in [1.29, 1.82) is 0 Å². The topological polar surface area (TPSA) is 20.6 Å². The number of fused-ring (bicyclic) bond motifs is 1. The Balaban J connectivity index is 0.000000182. The molecule has 0 unspecified atom stereocenters. The number of likely N-dealkylation sites (N-methyl/N-ethyl adjacent to an activating group) is 1. The second-order valence-corrected chi connectivity index (χ2v) is 9.02. The number of hydrogen-bond donors (Lipinski definition) is 0. The average molecular weight is 436 g/mol. The molecule has 0 amide bonds. The van der Waals surface area contributed by atoms with Crippen molar-refractivity contribution in [2.24, 2.45) is 0 Å². The highest BCUT2D eigenvalue weighted by atomic mass is 16.5. The van der Waals surface area contributed by atoms with Crippen LogP contribution in [0, 0.1) is 0 Å². The molecule has 32 heavy (non-hydrogen) atoms. The number of aromatic nitrogens is 1. The first-order valence-corrected chi connectivity index (χ1v) is 12.1. The lowest BCUT2D eigenvalue weighted by Gasteiger charge is -2.26. The molecule has 1 aliphatic heterocycles. The van der Waals surface area contributed by atoms with Gasteiger partial charge < -0.3 is 14.2 Å². The third kappa shape index (κ3) is 7.19. The molecular weight excluding hydrogens is 394 g/mol. The molecule has 0 bridgehead atoms. The molecule has 0 radical (unpaired) electrons. The van der Waals surface area contributed by atoms with Crippen molar-refractivity contribution in [2.45, 2.75) is 45.7 Å². The van der Waals surface area contributed by atoms with Gasteiger partial charge in [-0.05, 0) is 61.7 Å². The number of benzene rings is 1. The Morgan fingerprint density at radius 3 is 2.44 bits per heavy atom. The van der Waals surface area contributed by atoms with Crippen molar-refractivity contribution < 1.29 is 4.74 Å². The Bertz CT molecular complexity index is 950. The molecule has 1 saturated heterocycles. The van der Waals surface area contributed by atoms with Crippen molar-refractivity contribution >= 4 is 18.2 Å². The fraction of sp³-hybridized carbons (Fsp3) is 0.500. The molecule has 2 aromatic rings. The Morgan fingerprint density at radius 1 is 1.06 bits per heavy atom. The molecule has 4 rings (SSSR count). The van der Waals surface area contributed by atoms with Gasteiger partial charge in [0.05, 0.1) is 13.2 Å². The molecule has 2 heterocycles. The minimum absolute atomic E-state index is 0.866. The standard InChI is InChI=1S/C15H24N2.C13H17NO/c1-4-10-17-12-13(9-11-16(2)3)14-7-5-6-8-15(14)17;1-2-12-3-5-13(6-4-12)11-14-7-9-15-10-8-14/h7-8,12H,4-6,9-11H2,1-3H3;2-6H,1,7-11H2. The van der Waals surface area contributed by atoms with E-state index in [0.29, 0.717) is 0 Å². The zero-order chi connectivity index (χ0) is 22.8. The minimum atomic E-state index is 0.866. The fourth-order valence-electron chi connectivity index (χ4n) is 4.30. The summed E-state index contributed by atoms with van der Waals surface area (Å²) in [6.07, 6.45) is 13.9. The summed E-state index contributed by atoms with van der Waals surface area (Å²) in [7, 11) is 4.29. The number of aryl methyl sites for hydroxylation is 1. The maximum Gasteiger partial charge on any atom is 0.0594 e. The Labute approximate surface area is 194 Å². The zero-order valence-electron chi connectivity index (χ0n) is 20.4. The van der Waals surface area contributed by atoms with Gasteiger partial charge in [0.1, 0.15) is 0 Å². The van der Waals surface area contributed by atoms with Crippen LogP contribution in [0.5, 0.6) is 0 Å². The van der Waals surface area contributed by atoms with E-state index in [0.717, 1.165) is 52.4 Å². The van der Waals surface area contributed by atoms with Gasteiger partial charge in [0.15, 0.2) is 0 Å². The summed E-state index contributed by atoms with van der Waals surface area (Å²) in [4.78, 5) is 4.68. The van der Waals surface area contributed by atoms with Gasteiger partial charge in [0.2, 0.25) is 0 Å². The summed E-state index contributed by atoms with van der Waals surface area (Å²) in [5, 5.41) is 2.97. The maximum absolute atomic E-state index is 5.32. The Hall–Kier alpha value is -2.14. The average Bonchev–Trinajstić information content (AvgIpc) is 3.17. The van der Waals surface area contributed by atoms with E-state index >= 15 is 0 Å². The highest BCUT2D eigenvalue weighted by Gasteiger charge is 2.10. The van der Waals surface area contributed by atoms with Crippen LogP contribution in [0.25, 0.3) is 18.2 Å². The van der Waals surface area contributed by atoms with Crippen LogP contribution >= 0.6 is 0 Å². The first kappa shape index (κ1) is 24.5. The van der Waals surface area contributed by atoms with E-state index in [4.69, 9.17) is 4.74 Å². The summed E-state index contributed by atoms with van der Waals surface area (Å²) in [5.41, 5.74) is 4.07. The summed E-state index contributed by atoms with van der Waals surface area (Å²) in [6, 6.07) is 8.57. The molecule has 1 aromatic heterocycles. The second kappa shape index (κ2) is 12.8. The predicted molar refractivity (Wildman–Crippen MR) is 137 cm³/mol. The maximum atomic E-state index is 5.32. The molecule has 0 saturated carbocycles. The Morgan fingerprint density at radius 2 is 1.78 bits per heavy atom. The summed E-state index contributed by atoms with van der Waals surface area (Å²) in [6.45, 7) is 13.1.